The Kier molecular flexibility index (Phi) is 15.8. The summed E-state index contributed by atoms with van der Waals surface area (Å²) in [5, 5.41) is 16.8. The lowest BCUT2D eigenvalue weighted by atomic mass is 10.1. The highest BCUT2D eigenvalue weighted by atomic mass is 127. The van der Waals surface area contributed by atoms with Gasteiger partial charge in [0.25, 0.3) is 0 Å². The van der Waals surface area contributed by atoms with Gasteiger partial charge < -0.3 is 20.6 Å². The molecule has 3 N–H and O–H groups in total. The first-order chi connectivity index (χ1) is 12.2. The quantitative estimate of drug-likeness (QED) is 0.187. The van der Waals surface area contributed by atoms with Crippen molar-refractivity contribution in [2.75, 3.05) is 39.3 Å². The van der Waals surface area contributed by atoms with E-state index in [1.54, 1.807) is 0 Å². The number of guanidine groups is 1. The summed E-state index contributed by atoms with van der Waals surface area (Å²) in [6.45, 7) is 12.2. The van der Waals surface area contributed by atoms with Crippen LogP contribution in [0.1, 0.15) is 51.7 Å². The smallest absolute Gasteiger partial charge is 0.191 e. The molecule has 0 aliphatic carbocycles. The van der Waals surface area contributed by atoms with Crippen LogP contribution >= 0.6 is 24.0 Å². The van der Waals surface area contributed by atoms with Gasteiger partial charge in [-0.15, -0.1) is 24.0 Å². The fourth-order valence-electron chi connectivity index (χ4n) is 2.69. The van der Waals surface area contributed by atoms with Gasteiger partial charge in [-0.3, -0.25) is 4.99 Å². The Hall–Kier alpha value is -0.860. The first-order valence-corrected chi connectivity index (χ1v) is 9.68. The van der Waals surface area contributed by atoms with Crippen molar-refractivity contribution in [3.8, 4) is 0 Å². The number of hydrogen-bond donors (Lipinski definition) is 3. The maximum absolute atomic E-state index is 10.2. The van der Waals surface area contributed by atoms with E-state index in [0.717, 1.165) is 50.7 Å². The molecule has 5 nitrogen and oxygen atoms in total. The summed E-state index contributed by atoms with van der Waals surface area (Å²) < 4.78 is 0. The van der Waals surface area contributed by atoms with Crippen LogP contribution in [0.25, 0.3) is 0 Å². The number of nitrogens with zero attached hydrogens (tertiary/aromatic N) is 2. The van der Waals surface area contributed by atoms with E-state index in [1.807, 2.05) is 30.3 Å². The molecule has 0 saturated heterocycles. The summed E-state index contributed by atoms with van der Waals surface area (Å²) in [5.74, 6) is 0.839. The molecular formula is C20H37IN4O. The predicted molar refractivity (Wildman–Crippen MR) is 122 cm³/mol. The van der Waals surface area contributed by atoms with Gasteiger partial charge in [-0.1, -0.05) is 44.2 Å². The van der Waals surface area contributed by atoms with Crippen molar-refractivity contribution in [3.63, 3.8) is 0 Å². The SMILES string of the molecule is CCNC(=NCCCCN(CC)CC)NCCC(O)c1ccccc1.I. The number of unbranched alkanes of at least 4 members (excludes halogenated alkanes) is 1. The zero-order valence-electron chi connectivity index (χ0n) is 16.6. The molecule has 0 fully saturated rings. The average molecular weight is 476 g/mol. The van der Waals surface area contributed by atoms with E-state index in [1.165, 1.54) is 6.42 Å². The van der Waals surface area contributed by atoms with E-state index in [2.05, 4.69) is 41.3 Å². The highest BCUT2D eigenvalue weighted by molar-refractivity contribution is 14.0. The second-order valence-corrected chi connectivity index (χ2v) is 6.14. The molecule has 0 heterocycles. The Bertz CT molecular complexity index is 466. The minimum atomic E-state index is -0.439. The standard InChI is InChI=1S/C20H36N4O.HI/c1-4-21-20(22-15-10-11-17-24(5-2)6-3)23-16-14-19(25)18-12-8-7-9-13-18;/h7-9,12-13,19,25H,4-6,10-11,14-17H2,1-3H3,(H2,21,22,23);1H. The average Bonchev–Trinajstić information content (AvgIpc) is 2.65. The van der Waals surface area contributed by atoms with Crippen LogP contribution in [0.15, 0.2) is 35.3 Å². The van der Waals surface area contributed by atoms with E-state index < -0.39 is 6.10 Å². The second-order valence-electron chi connectivity index (χ2n) is 6.14. The van der Waals surface area contributed by atoms with E-state index in [-0.39, 0.29) is 24.0 Å². The highest BCUT2D eigenvalue weighted by Gasteiger charge is 2.07. The summed E-state index contributed by atoms with van der Waals surface area (Å²) in [5.41, 5.74) is 0.961. The molecule has 0 aromatic heterocycles. The van der Waals surface area contributed by atoms with Crippen molar-refractivity contribution in [2.24, 2.45) is 4.99 Å². The van der Waals surface area contributed by atoms with Gasteiger partial charge in [0, 0.05) is 19.6 Å². The second kappa shape index (κ2) is 16.3. The molecule has 1 unspecified atom stereocenters. The molecule has 0 radical (unpaired) electrons. The van der Waals surface area contributed by atoms with Gasteiger partial charge in [-0.2, -0.15) is 0 Å². The number of benzene rings is 1. The molecule has 26 heavy (non-hydrogen) atoms. The Balaban J connectivity index is 0.00000625. The van der Waals surface area contributed by atoms with Crippen LogP contribution in [0, 0.1) is 0 Å². The van der Waals surface area contributed by atoms with Gasteiger partial charge in [0.05, 0.1) is 6.10 Å². The third kappa shape index (κ3) is 11.0. The van der Waals surface area contributed by atoms with Gasteiger partial charge in [-0.05, 0) is 51.4 Å². The van der Waals surface area contributed by atoms with Gasteiger partial charge in [0.15, 0.2) is 5.96 Å². The minimum Gasteiger partial charge on any atom is -0.388 e. The summed E-state index contributed by atoms with van der Waals surface area (Å²) in [4.78, 5) is 7.07. The fourth-order valence-corrected chi connectivity index (χ4v) is 2.69. The number of nitrogens with one attached hydrogen (secondary N) is 2. The topological polar surface area (TPSA) is 59.9 Å². The largest absolute Gasteiger partial charge is 0.388 e. The lowest BCUT2D eigenvalue weighted by Crippen LogP contribution is -2.38. The number of halogens is 1. The van der Waals surface area contributed by atoms with Crippen molar-refractivity contribution in [3.05, 3.63) is 35.9 Å². The van der Waals surface area contributed by atoms with Crippen molar-refractivity contribution in [2.45, 2.75) is 46.1 Å². The molecule has 0 spiro atoms. The monoisotopic (exact) mass is 476 g/mol. The number of rotatable bonds is 12. The van der Waals surface area contributed by atoms with E-state index >= 15 is 0 Å². The van der Waals surface area contributed by atoms with Crippen molar-refractivity contribution in [1.82, 2.24) is 15.5 Å². The Labute approximate surface area is 176 Å². The van der Waals surface area contributed by atoms with Gasteiger partial charge in [0.2, 0.25) is 0 Å². The molecule has 150 valence electrons. The van der Waals surface area contributed by atoms with Gasteiger partial charge in [-0.25, -0.2) is 0 Å². The molecule has 0 aliphatic heterocycles. The Morgan fingerprint density at radius 3 is 2.38 bits per heavy atom. The third-order valence-electron chi connectivity index (χ3n) is 4.29. The first-order valence-electron chi connectivity index (χ1n) is 9.68. The summed E-state index contributed by atoms with van der Waals surface area (Å²) in [6, 6.07) is 9.79. The Morgan fingerprint density at radius 2 is 1.77 bits per heavy atom. The lowest BCUT2D eigenvalue weighted by molar-refractivity contribution is 0.168. The van der Waals surface area contributed by atoms with Gasteiger partial charge in [0.1, 0.15) is 0 Å². The van der Waals surface area contributed by atoms with Crippen LogP contribution in [0.3, 0.4) is 0 Å². The van der Waals surface area contributed by atoms with E-state index in [9.17, 15) is 5.11 Å². The molecule has 0 bridgehead atoms. The maximum atomic E-state index is 10.2. The highest BCUT2D eigenvalue weighted by Crippen LogP contribution is 2.14. The molecule has 1 atom stereocenters. The summed E-state index contributed by atoms with van der Waals surface area (Å²) in [6.07, 6.45) is 2.50. The summed E-state index contributed by atoms with van der Waals surface area (Å²) in [7, 11) is 0. The van der Waals surface area contributed by atoms with Crippen molar-refractivity contribution < 1.29 is 5.11 Å². The van der Waals surface area contributed by atoms with Crippen molar-refractivity contribution >= 4 is 29.9 Å². The molecule has 6 heteroatoms. The van der Waals surface area contributed by atoms with Crippen LogP contribution in [0.4, 0.5) is 0 Å². The number of aliphatic hydroxyl groups is 1. The molecule has 1 aromatic carbocycles. The fraction of sp³-hybridized carbons (Fsp3) is 0.650. The lowest BCUT2D eigenvalue weighted by Gasteiger charge is -2.17. The third-order valence-corrected chi connectivity index (χ3v) is 4.29. The van der Waals surface area contributed by atoms with E-state index in [4.69, 9.17) is 0 Å². The van der Waals surface area contributed by atoms with Crippen molar-refractivity contribution in [1.29, 1.82) is 0 Å². The van der Waals surface area contributed by atoms with Gasteiger partial charge >= 0.3 is 0 Å². The number of aliphatic imine (C=N–C) groups is 1. The molecule has 0 saturated carbocycles. The van der Waals surface area contributed by atoms with Crippen LogP contribution in [-0.2, 0) is 0 Å². The maximum Gasteiger partial charge on any atom is 0.191 e. The zero-order chi connectivity index (χ0) is 18.3. The van der Waals surface area contributed by atoms with Crippen LogP contribution in [0.5, 0.6) is 0 Å². The molecule has 1 aromatic rings. The number of hydrogen-bond acceptors (Lipinski definition) is 3. The van der Waals surface area contributed by atoms with E-state index in [0.29, 0.717) is 13.0 Å². The first kappa shape index (κ1) is 25.1. The normalized spacial score (nSPS) is 12.6. The molecular weight excluding hydrogens is 439 g/mol. The molecule has 1 rings (SSSR count). The summed E-state index contributed by atoms with van der Waals surface area (Å²) >= 11 is 0. The minimum absolute atomic E-state index is 0. The predicted octanol–water partition coefficient (Wildman–Crippen LogP) is 3.41. The number of aliphatic hydroxyl groups excluding tert-OH is 1. The Morgan fingerprint density at radius 1 is 1.08 bits per heavy atom. The van der Waals surface area contributed by atoms with Crippen LogP contribution < -0.4 is 10.6 Å². The zero-order valence-corrected chi connectivity index (χ0v) is 18.9. The van der Waals surface area contributed by atoms with Crippen LogP contribution in [0.2, 0.25) is 0 Å². The molecule has 0 aliphatic rings. The molecule has 0 amide bonds. The van der Waals surface area contributed by atoms with Crippen LogP contribution in [-0.4, -0.2) is 55.2 Å².